The summed E-state index contributed by atoms with van der Waals surface area (Å²) < 4.78 is 20.4. The summed E-state index contributed by atoms with van der Waals surface area (Å²) in [4.78, 5) is 25.1. The highest BCUT2D eigenvalue weighted by molar-refractivity contribution is 6.05. The Labute approximate surface area is 156 Å². The maximum Gasteiger partial charge on any atom is 0.341 e. The van der Waals surface area contributed by atoms with Crippen molar-refractivity contribution in [3.05, 3.63) is 66.1 Å². The second-order valence-corrected chi connectivity index (χ2v) is 6.14. The molecule has 0 fully saturated rings. The van der Waals surface area contributed by atoms with E-state index in [0.717, 1.165) is 17.4 Å². The summed E-state index contributed by atoms with van der Waals surface area (Å²) in [6.45, 7) is 4.47. The highest BCUT2D eigenvalue weighted by Crippen LogP contribution is 2.23. The molecule has 0 radical (unpaired) electrons. The predicted octanol–water partition coefficient (Wildman–Crippen LogP) is 4.37. The molecule has 3 aromatic rings. The number of anilines is 1. The van der Waals surface area contributed by atoms with Crippen molar-refractivity contribution < 1.29 is 18.7 Å². The van der Waals surface area contributed by atoms with E-state index in [1.54, 1.807) is 13.1 Å². The van der Waals surface area contributed by atoms with E-state index in [0.29, 0.717) is 17.7 Å². The summed E-state index contributed by atoms with van der Waals surface area (Å²) in [5.74, 6) is -1.38. The lowest BCUT2D eigenvalue weighted by Crippen LogP contribution is -2.32. The van der Waals surface area contributed by atoms with E-state index in [9.17, 15) is 14.0 Å². The highest BCUT2D eigenvalue weighted by atomic mass is 19.1. The normalized spacial score (nSPS) is 12.0. The molecule has 27 heavy (non-hydrogen) atoms. The van der Waals surface area contributed by atoms with Gasteiger partial charge in [0.25, 0.3) is 5.91 Å². The third kappa shape index (κ3) is 4.00. The van der Waals surface area contributed by atoms with Gasteiger partial charge in [-0.15, -0.1) is 0 Å². The summed E-state index contributed by atoms with van der Waals surface area (Å²) in [6.07, 6.45) is 1.13. The van der Waals surface area contributed by atoms with Crippen LogP contribution in [0.3, 0.4) is 0 Å². The van der Waals surface area contributed by atoms with Gasteiger partial charge in [-0.25, -0.2) is 9.18 Å². The van der Waals surface area contributed by atoms with Crippen molar-refractivity contribution in [2.45, 2.75) is 32.9 Å². The number of carbonyl (C=O) groups excluding carboxylic acids is 2. The fourth-order valence-corrected chi connectivity index (χ4v) is 2.94. The van der Waals surface area contributed by atoms with Crippen LogP contribution in [0.25, 0.3) is 10.9 Å². The lowest BCUT2D eigenvalue weighted by molar-refractivity contribution is -0.124. The van der Waals surface area contributed by atoms with Crippen LogP contribution in [0.15, 0.2) is 54.7 Å². The number of ether oxygens (including phenoxy) is 1. The number of esters is 1. The molecule has 140 valence electrons. The molecule has 1 unspecified atom stereocenters. The van der Waals surface area contributed by atoms with Crippen LogP contribution >= 0.6 is 0 Å². The number of halogens is 1. The number of aromatic nitrogens is 1. The summed E-state index contributed by atoms with van der Waals surface area (Å²) in [7, 11) is 0. The van der Waals surface area contributed by atoms with E-state index in [1.807, 2.05) is 35.8 Å². The third-order valence-corrected chi connectivity index (χ3v) is 4.37. The molecule has 1 N–H and O–H groups in total. The Morgan fingerprint density at radius 3 is 2.48 bits per heavy atom. The zero-order valence-corrected chi connectivity index (χ0v) is 15.2. The Morgan fingerprint density at radius 2 is 1.81 bits per heavy atom. The van der Waals surface area contributed by atoms with E-state index in [-0.39, 0.29) is 0 Å². The van der Waals surface area contributed by atoms with Gasteiger partial charge in [0.05, 0.1) is 5.56 Å². The van der Waals surface area contributed by atoms with Gasteiger partial charge in [0.1, 0.15) is 5.82 Å². The molecule has 2 aromatic carbocycles. The minimum absolute atomic E-state index is 0.325. The molecule has 0 spiro atoms. The van der Waals surface area contributed by atoms with Gasteiger partial charge in [0.15, 0.2) is 6.10 Å². The molecular formula is C21H21FN2O3. The zero-order valence-electron chi connectivity index (χ0n) is 15.2. The van der Waals surface area contributed by atoms with Crippen molar-refractivity contribution in [1.29, 1.82) is 0 Å². The smallest absolute Gasteiger partial charge is 0.341 e. The molecule has 5 nitrogen and oxygen atoms in total. The number of nitrogens with zero attached hydrogens (tertiary/aromatic N) is 1. The monoisotopic (exact) mass is 368 g/mol. The number of aryl methyl sites for hydroxylation is 1. The molecule has 0 bridgehead atoms. The number of rotatable bonds is 6. The van der Waals surface area contributed by atoms with Gasteiger partial charge in [0, 0.05) is 29.3 Å². The molecular weight excluding hydrogens is 347 g/mol. The quantitative estimate of drug-likeness (QED) is 0.657. The first-order valence-corrected chi connectivity index (χ1v) is 8.88. The number of hydrogen-bond acceptors (Lipinski definition) is 3. The molecule has 0 aliphatic rings. The zero-order chi connectivity index (χ0) is 19.4. The van der Waals surface area contributed by atoms with Gasteiger partial charge >= 0.3 is 5.97 Å². The number of fused-ring (bicyclic) bond motifs is 1. The van der Waals surface area contributed by atoms with Crippen molar-refractivity contribution in [2.75, 3.05) is 5.32 Å². The Kier molecular flexibility index (Phi) is 5.54. The fraction of sp³-hybridized carbons (Fsp3) is 0.238. The first-order chi connectivity index (χ1) is 13.0. The molecule has 0 aliphatic carbocycles. The molecule has 0 saturated heterocycles. The molecule has 0 aliphatic heterocycles. The topological polar surface area (TPSA) is 60.3 Å². The summed E-state index contributed by atoms with van der Waals surface area (Å²) in [5, 5.41) is 3.43. The maximum absolute atomic E-state index is 13.0. The van der Waals surface area contributed by atoms with E-state index in [1.165, 1.54) is 24.3 Å². The van der Waals surface area contributed by atoms with Crippen LogP contribution in [0, 0.1) is 5.82 Å². The minimum Gasteiger partial charge on any atom is -0.449 e. The molecule has 6 heteroatoms. The van der Waals surface area contributed by atoms with Crippen molar-refractivity contribution in [1.82, 2.24) is 4.57 Å². The first-order valence-electron chi connectivity index (χ1n) is 8.88. The van der Waals surface area contributed by atoms with Crippen LogP contribution in [0.4, 0.5) is 10.1 Å². The number of hydrogen-bond donors (Lipinski definition) is 1. The Balaban J connectivity index is 1.77. The van der Waals surface area contributed by atoms with Gasteiger partial charge < -0.3 is 14.6 Å². The summed E-state index contributed by atoms with van der Waals surface area (Å²) in [5.41, 5.74) is 1.81. The predicted molar refractivity (Wildman–Crippen MR) is 102 cm³/mol. The SMILES string of the molecule is CCC(OC(=O)c1cn(CC)c2ccccc12)C(=O)Nc1ccc(F)cc1. The van der Waals surface area contributed by atoms with Crippen LogP contribution in [0.5, 0.6) is 0 Å². The lowest BCUT2D eigenvalue weighted by Gasteiger charge is -2.16. The van der Waals surface area contributed by atoms with Crippen LogP contribution in [0.1, 0.15) is 30.6 Å². The number of carbonyl (C=O) groups is 2. The largest absolute Gasteiger partial charge is 0.449 e. The van der Waals surface area contributed by atoms with E-state index in [4.69, 9.17) is 4.74 Å². The van der Waals surface area contributed by atoms with Gasteiger partial charge in [-0.3, -0.25) is 4.79 Å². The van der Waals surface area contributed by atoms with Crippen LogP contribution in [-0.2, 0) is 16.1 Å². The molecule has 3 rings (SSSR count). The van der Waals surface area contributed by atoms with Crippen LogP contribution in [-0.4, -0.2) is 22.5 Å². The minimum atomic E-state index is -0.939. The van der Waals surface area contributed by atoms with Crippen LogP contribution < -0.4 is 5.32 Å². The van der Waals surface area contributed by atoms with E-state index < -0.39 is 23.8 Å². The maximum atomic E-state index is 13.0. The molecule has 1 aromatic heterocycles. The number of benzene rings is 2. The van der Waals surface area contributed by atoms with Gasteiger partial charge in [-0.2, -0.15) is 0 Å². The number of para-hydroxylation sites is 1. The van der Waals surface area contributed by atoms with Gasteiger partial charge in [-0.05, 0) is 43.7 Å². The third-order valence-electron chi connectivity index (χ3n) is 4.37. The average Bonchev–Trinajstić information content (AvgIpc) is 3.06. The molecule has 1 amide bonds. The average molecular weight is 368 g/mol. The summed E-state index contributed by atoms with van der Waals surface area (Å²) >= 11 is 0. The van der Waals surface area contributed by atoms with Gasteiger partial charge in [-0.1, -0.05) is 25.1 Å². The van der Waals surface area contributed by atoms with E-state index in [2.05, 4.69) is 5.32 Å². The summed E-state index contributed by atoms with van der Waals surface area (Å²) in [6, 6.07) is 13.0. The van der Waals surface area contributed by atoms with Crippen molar-refractivity contribution >= 4 is 28.5 Å². The molecule has 1 atom stereocenters. The van der Waals surface area contributed by atoms with Crippen LogP contribution in [0.2, 0.25) is 0 Å². The van der Waals surface area contributed by atoms with Gasteiger partial charge in [0.2, 0.25) is 0 Å². The van der Waals surface area contributed by atoms with Crippen molar-refractivity contribution in [2.24, 2.45) is 0 Å². The molecule has 0 saturated carbocycles. The fourth-order valence-electron chi connectivity index (χ4n) is 2.94. The Bertz CT molecular complexity index is 963. The Morgan fingerprint density at radius 1 is 1.11 bits per heavy atom. The second kappa shape index (κ2) is 8.03. The number of amides is 1. The van der Waals surface area contributed by atoms with E-state index >= 15 is 0 Å². The second-order valence-electron chi connectivity index (χ2n) is 6.14. The van der Waals surface area contributed by atoms with Crippen molar-refractivity contribution in [3.8, 4) is 0 Å². The first kappa shape index (κ1) is 18.6. The number of nitrogens with one attached hydrogen (secondary N) is 1. The van der Waals surface area contributed by atoms with Crippen molar-refractivity contribution in [3.63, 3.8) is 0 Å². The molecule has 1 heterocycles. The highest BCUT2D eigenvalue weighted by Gasteiger charge is 2.24. The Hall–Kier alpha value is -3.15. The standard InChI is InChI=1S/C21H21FN2O3/c1-3-19(20(25)23-15-11-9-14(22)10-12-15)27-21(26)17-13-24(4-2)18-8-6-5-7-16(17)18/h5-13,19H,3-4H2,1-2H3,(H,23,25). The lowest BCUT2D eigenvalue weighted by atomic mass is 10.1.